The molecule has 8 rings (SSSR count). The molecule has 1 aliphatic carbocycles. The maximum Gasteiger partial charge on any atom is 0.0630 e. The first-order valence-corrected chi connectivity index (χ1v) is 18.0. The molecular formula is C48H41N5. The Balaban J connectivity index is 0.857. The number of rotatable bonds is 12. The molecule has 53 heavy (non-hydrogen) atoms. The van der Waals surface area contributed by atoms with Crippen LogP contribution in [-0.4, -0.2) is 12.1 Å². The first-order chi connectivity index (χ1) is 26.2. The summed E-state index contributed by atoms with van der Waals surface area (Å²) in [5, 5.41) is 10.8. The van der Waals surface area contributed by atoms with Gasteiger partial charge in [-0.3, -0.25) is 0 Å². The van der Waals surface area contributed by atoms with Gasteiger partial charge in [-0.05, 0) is 121 Å². The van der Waals surface area contributed by atoms with Gasteiger partial charge < -0.3 is 25.8 Å². The second-order valence-corrected chi connectivity index (χ2v) is 12.9. The summed E-state index contributed by atoms with van der Waals surface area (Å²) in [4.78, 5) is 4.54. The lowest BCUT2D eigenvalue weighted by atomic mass is 10.1. The van der Waals surface area contributed by atoms with E-state index in [9.17, 15) is 0 Å². The Hall–Kier alpha value is -6.98. The van der Waals surface area contributed by atoms with Crippen LogP contribution in [0.5, 0.6) is 0 Å². The van der Waals surface area contributed by atoms with Crippen molar-refractivity contribution >= 4 is 56.9 Å². The van der Waals surface area contributed by atoms with E-state index < -0.39 is 0 Å². The Morgan fingerprint density at radius 2 is 0.509 bits per heavy atom. The number of benzene rings is 7. The molecule has 0 saturated heterocycles. The molecule has 0 unspecified atom stereocenters. The lowest BCUT2D eigenvalue weighted by Crippen LogP contribution is -2.23. The Morgan fingerprint density at radius 1 is 0.264 bits per heavy atom. The van der Waals surface area contributed by atoms with Gasteiger partial charge in [0.15, 0.2) is 0 Å². The molecule has 258 valence electrons. The second kappa shape index (κ2) is 15.9. The summed E-state index contributed by atoms with van der Waals surface area (Å²) in [7, 11) is 0. The summed E-state index contributed by atoms with van der Waals surface area (Å²) in [5.41, 5.74) is 10.9. The highest BCUT2D eigenvalue weighted by atomic mass is 15.1. The van der Waals surface area contributed by atoms with E-state index in [1.807, 2.05) is 24.3 Å². The average Bonchev–Trinajstić information content (AvgIpc) is 3.22. The van der Waals surface area contributed by atoms with E-state index in [0.717, 1.165) is 56.9 Å². The molecule has 1 aliphatic rings. The molecule has 5 heteroatoms. The van der Waals surface area contributed by atoms with Crippen LogP contribution in [0.25, 0.3) is 0 Å². The molecule has 5 nitrogen and oxygen atoms in total. The van der Waals surface area contributed by atoms with Crippen LogP contribution in [0.2, 0.25) is 0 Å². The van der Waals surface area contributed by atoms with Crippen LogP contribution in [0.15, 0.2) is 218 Å². The molecule has 0 amide bonds. The highest BCUT2D eigenvalue weighted by Crippen LogP contribution is 2.36. The molecule has 3 N–H and O–H groups in total. The summed E-state index contributed by atoms with van der Waals surface area (Å²) < 4.78 is 0. The maximum atomic E-state index is 3.64. The topological polar surface area (TPSA) is 42.6 Å². The number of para-hydroxylation sites is 4. The zero-order valence-electron chi connectivity index (χ0n) is 29.3. The van der Waals surface area contributed by atoms with Crippen LogP contribution >= 0.6 is 0 Å². The fourth-order valence-electron chi connectivity index (χ4n) is 6.60. The third kappa shape index (κ3) is 8.16. The second-order valence-electron chi connectivity index (χ2n) is 12.9. The molecule has 0 spiro atoms. The first kappa shape index (κ1) is 33.2. The molecule has 0 aliphatic heterocycles. The maximum absolute atomic E-state index is 3.64. The minimum atomic E-state index is 0.115. The van der Waals surface area contributed by atoms with Gasteiger partial charge in [0.2, 0.25) is 0 Å². The quantitative estimate of drug-likeness (QED) is 0.112. The van der Waals surface area contributed by atoms with Crippen molar-refractivity contribution < 1.29 is 0 Å². The van der Waals surface area contributed by atoms with Crippen molar-refractivity contribution in [1.82, 2.24) is 0 Å². The third-order valence-electron chi connectivity index (χ3n) is 9.20. The monoisotopic (exact) mass is 687 g/mol. The third-order valence-corrected chi connectivity index (χ3v) is 9.20. The molecule has 0 aromatic heterocycles. The number of anilines is 10. The van der Waals surface area contributed by atoms with Crippen molar-refractivity contribution in [3.05, 3.63) is 218 Å². The van der Waals surface area contributed by atoms with Gasteiger partial charge in [-0.25, -0.2) is 0 Å². The molecule has 0 heterocycles. The predicted molar refractivity (Wildman–Crippen MR) is 225 cm³/mol. The van der Waals surface area contributed by atoms with Gasteiger partial charge in [0, 0.05) is 56.9 Å². The van der Waals surface area contributed by atoms with Crippen molar-refractivity contribution in [2.24, 2.45) is 0 Å². The Kier molecular flexibility index (Phi) is 9.97. The highest BCUT2D eigenvalue weighted by Gasteiger charge is 2.14. The predicted octanol–water partition coefficient (Wildman–Crippen LogP) is 12.8. The van der Waals surface area contributed by atoms with Gasteiger partial charge in [0.25, 0.3) is 0 Å². The average molecular weight is 688 g/mol. The van der Waals surface area contributed by atoms with Crippen molar-refractivity contribution in [3.63, 3.8) is 0 Å². The minimum absolute atomic E-state index is 0.115. The van der Waals surface area contributed by atoms with Crippen LogP contribution in [0, 0.1) is 0 Å². The minimum Gasteiger partial charge on any atom is -0.375 e. The number of nitrogens with one attached hydrogen (secondary N) is 3. The lowest BCUT2D eigenvalue weighted by Gasteiger charge is -2.26. The van der Waals surface area contributed by atoms with Crippen LogP contribution in [0.3, 0.4) is 0 Å². The summed E-state index contributed by atoms with van der Waals surface area (Å²) >= 11 is 0. The zero-order valence-corrected chi connectivity index (χ0v) is 29.3. The first-order valence-electron chi connectivity index (χ1n) is 18.0. The van der Waals surface area contributed by atoms with E-state index in [0.29, 0.717) is 0 Å². The van der Waals surface area contributed by atoms with Gasteiger partial charge in [0.05, 0.1) is 12.1 Å². The summed E-state index contributed by atoms with van der Waals surface area (Å²) in [6.07, 6.45) is 8.84. The van der Waals surface area contributed by atoms with Crippen LogP contribution in [0.4, 0.5) is 56.9 Å². The van der Waals surface area contributed by atoms with Crippen LogP contribution < -0.4 is 25.8 Å². The molecule has 0 radical (unpaired) electrons. The SMILES string of the molecule is C1=CC(Nc2ccc(N(c3ccccc3)c3ccccc3)cc2)C=CC1Nc1ccc(Nc2ccc(N(c3ccccc3)c3ccccc3)cc2)cc1. The van der Waals surface area contributed by atoms with Gasteiger partial charge in [-0.15, -0.1) is 0 Å². The summed E-state index contributed by atoms with van der Waals surface area (Å²) in [6.45, 7) is 0. The smallest absolute Gasteiger partial charge is 0.0630 e. The van der Waals surface area contributed by atoms with Crippen LogP contribution in [-0.2, 0) is 0 Å². The number of nitrogens with zero attached hydrogens (tertiary/aromatic N) is 2. The summed E-state index contributed by atoms with van der Waals surface area (Å²) in [5.74, 6) is 0. The lowest BCUT2D eigenvalue weighted by molar-refractivity contribution is 0.997. The highest BCUT2D eigenvalue weighted by molar-refractivity contribution is 5.79. The van der Waals surface area contributed by atoms with E-state index in [1.54, 1.807) is 0 Å². The fourth-order valence-corrected chi connectivity index (χ4v) is 6.60. The summed E-state index contributed by atoms with van der Waals surface area (Å²) in [6, 6.07) is 67.7. The normalized spacial score (nSPS) is 14.6. The van der Waals surface area contributed by atoms with Crippen molar-refractivity contribution in [1.29, 1.82) is 0 Å². The standard InChI is InChI=1S/C48H41N5/c1-5-13-43(14-6-1)52(44-15-7-2-8-16-44)47-33-29-41(30-34-47)50-39-25-21-37(22-26-39)49-38-23-27-40(28-24-38)51-42-31-35-48(36-32-42)53(45-17-9-3-10-18-45)46-19-11-4-12-20-46/h1-37,39,49-51H. The molecule has 7 aromatic rings. The Bertz CT molecular complexity index is 2140. The van der Waals surface area contributed by atoms with Crippen molar-refractivity contribution in [3.8, 4) is 0 Å². The zero-order chi connectivity index (χ0) is 35.7. The van der Waals surface area contributed by atoms with E-state index in [4.69, 9.17) is 0 Å². The molecule has 0 fully saturated rings. The van der Waals surface area contributed by atoms with E-state index >= 15 is 0 Å². The molecule has 0 atom stereocenters. The van der Waals surface area contributed by atoms with E-state index in [1.165, 1.54) is 0 Å². The fraction of sp³-hybridized carbons (Fsp3) is 0.0417. The number of hydrogen-bond donors (Lipinski definition) is 3. The van der Waals surface area contributed by atoms with Crippen molar-refractivity contribution in [2.45, 2.75) is 12.1 Å². The van der Waals surface area contributed by atoms with E-state index in [2.05, 4.69) is 220 Å². The van der Waals surface area contributed by atoms with Gasteiger partial charge in [-0.2, -0.15) is 0 Å². The van der Waals surface area contributed by atoms with Gasteiger partial charge in [-0.1, -0.05) is 97.1 Å². The molecule has 0 bridgehead atoms. The van der Waals surface area contributed by atoms with Gasteiger partial charge >= 0.3 is 0 Å². The van der Waals surface area contributed by atoms with E-state index in [-0.39, 0.29) is 12.1 Å². The number of hydrogen-bond acceptors (Lipinski definition) is 5. The molecular weight excluding hydrogens is 647 g/mol. The van der Waals surface area contributed by atoms with Crippen molar-refractivity contribution in [2.75, 3.05) is 25.8 Å². The Labute approximate surface area is 312 Å². The molecule has 0 saturated carbocycles. The largest absolute Gasteiger partial charge is 0.375 e. The van der Waals surface area contributed by atoms with Crippen LogP contribution in [0.1, 0.15) is 0 Å². The Morgan fingerprint density at radius 3 is 0.830 bits per heavy atom. The molecule has 7 aromatic carbocycles. The van der Waals surface area contributed by atoms with Gasteiger partial charge in [0.1, 0.15) is 0 Å².